The Balaban J connectivity index is 4.54. The molecule has 0 heterocycles. The monoisotopic (exact) mass is 376 g/mol. The van der Waals surface area contributed by atoms with E-state index in [4.69, 9.17) is 8.85 Å². The van der Waals surface area contributed by atoms with E-state index in [1.165, 1.54) is 44.4 Å². The summed E-state index contributed by atoms with van der Waals surface area (Å²) in [6.45, 7) is 10.9. The van der Waals surface area contributed by atoms with Crippen LogP contribution in [0.25, 0.3) is 0 Å². The van der Waals surface area contributed by atoms with E-state index < -0.39 is 8.56 Å². The van der Waals surface area contributed by atoms with Crippen LogP contribution in [0.2, 0.25) is 12.6 Å². The SMILES string of the molecule is CCCCCCCC(CC[Si](C)(OCC)OCC)SC(=O)C(C)=O. The fourth-order valence-electron chi connectivity index (χ4n) is 2.69. The maximum Gasteiger partial charge on any atom is 0.334 e. The number of hydrogen-bond donors (Lipinski definition) is 0. The molecular weight excluding hydrogens is 340 g/mol. The number of carbonyl (C=O) groups excluding carboxylic acids is 2. The van der Waals surface area contributed by atoms with Crippen molar-refractivity contribution < 1.29 is 18.4 Å². The normalized spacial score (nSPS) is 13.0. The molecule has 0 aromatic heterocycles. The van der Waals surface area contributed by atoms with Crippen LogP contribution in [0.5, 0.6) is 0 Å². The summed E-state index contributed by atoms with van der Waals surface area (Å²) in [5, 5.41) is -0.125. The molecule has 0 aliphatic heterocycles. The van der Waals surface area contributed by atoms with Crippen molar-refractivity contribution in [3.8, 4) is 0 Å². The van der Waals surface area contributed by atoms with E-state index in [1.807, 2.05) is 13.8 Å². The van der Waals surface area contributed by atoms with Crippen LogP contribution in [0.1, 0.15) is 72.6 Å². The van der Waals surface area contributed by atoms with Gasteiger partial charge in [0, 0.05) is 25.4 Å². The zero-order valence-electron chi connectivity index (χ0n) is 16.2. The number of carbonyl (C=O) groups is 2. The molecule has 1 atom stereocenters. The Hall–Kier alpha value is -0.173. The molecule has 0 spiro atoms. The van der Waals surface area contributed by atoms with Crippen molar-refractivity contribution in [3.05, 3.63) is 0 Å². The summed E-state index contributed by atoms with van der Waals surface area (Å²) < 4.78 is 11.8. The zero-order chi connectivity index (χ0) is 18.4. The molecule has 0 rings (SSSR count). The van der Waals surface area contributed by atoms with Gasteiger partial charge in [-0.2, -0.15) is 0 Å². The molecule has 24 heavy (non-hydrogen) atoms. The lowest BCUT2D eigenvalue weighted by atomic mass is 10.1. The van der Waals surface area contributed by atoms with Crippen molar-refractivity contribution in [1.29, 1.82) is 0 Å². The molecule has 0 radical (unpaired) electrons. The first-order chi connectivity index (χ1) is 11.4. The van der Waals surface area contributed by atoms with Gasteiger partial charge in [-0.3, -0.25) is 9.59 Å². The van der Waals surface area contributed by atoms with Crippen LogP contribution in [0.4, 0.5) is 0 Å². The molecule has 0 saturated heterocycles. The summed E-state index contributed by atoms with van der Waals surface area (Å²) in [5.41, 5.74) is 0. The second kappa shape index (κ2) is 14.0. The molecular formula is C18H36O4SSi. The lowest BCUT2D eigenvalue weighted by Gasteiger charge is -2.27. The highest BCUT2D eigenvalue weighted by molar-refractivity contribution is 8.15. The maximum atomic E-state index is 11.8. The molecule has 0 amide bonds. The smallest absolute Gasteiger partial charge is 0.334 e. The van der Waals surface area contributed by atoms with Gasteiger partial charge in [0.05, 0.1) is 0 Å². The van der Waals surface area contributed by atoms with Crippen LogP contribution in [0, 0.1) is 0 Å². The number of thioether (sulfide) groups is 1. The van der Waals surface area contributed by atoms with Gasteiger partial charge in [-0.1, -0.05) is 50.8 Å². The van der Waals surface area contributed by atoms with E-state index in [0.29, 0.717) is 13.2 Å². The molecule has 1 unspecified atom stereocenters. The number of Topliss-reactive ketones (excluding diaryl/α,β-unsaturated/α-hetero) is 1. The fraction of sp³-hybridized carbons (Fsp3) is 0.889. The van der Waals surface area contributed by atoms with Crippen molar-refractivity contribution >= 4 is 31.2 Å². The lowest BCUT2D eigenvalue weighted by molar-refractivity contribution is -0.130. The number of hydrogen-bond acceptors (Lipinski definition) is 5. The van der Waals surface area contributed by atoms with Gasteiger partial charge in [0.25, 0.3) is 5.12 Å². The second-order valence-electron chi connectivity index (χ2n) is 6.32. The van der Waals surface area contributed by atoms with Gasteiger partial charge >= 0.3 is 8.56 Å². The Bertz CT molecular complexity index is 357. The number of unbranched alkanes of at least 4 members (excludes halogenated alkanes) is 4. The van der Waals surface area contributed by atoms with E-state index in [-0.39, 0.29) is 16.1 Å². The van der Waals surface area contributed by atoms with Crippen molar-refractivity contribution in [2.75, 3.05) is 13.2 Å². The first-order valence-electron chi connectivity index (χ1n) is 9.38. The summed E-state index contributed by atoms with van der Waals surface area (Å²) >= 11 is 1.22. The molecule has 0 N–H and O–H groups in total. The Morgan fingerprint density at radius 3 is 2.04 bits per heavy atom. The van der Waals surface area contributed by atoms with E-state index in [2.05, 4.69) is 13.5 Å². The van der Waals surface area contributed by atoms with Crippen LogP contribution >= 0.6 is 11.8 Å². The summed E-state index contributed by atoms with van der Waals surface area (Å²) in [6, 6.07) is 0.868. The molecule has 0 aromatic carbocycles. The fourth-order valence-corrected chi connectivity index (χ4v) is 6.36. The average Bonchev–Trinajstić information content (AvgIpc) is 2.52. The summed E-state index contributed by atoms with van der Waals surface area (Å²) in [6.07, 6.45) is 7.92. The third-order valence-electron chi connectivity index (χ3n) is 4.01. The Labute approximate surface area is 153 Å². The zero-order valence-corrected chi connectivity index (χ0v) is 18.0. The first-order valence-corrected chi connectivity index (χ1v) is 12.8. The molecule has 0 bridgehead atoms. The molecule has 0 fully saturated rings. The van der Waals surface area contributed by atoms with Gasteiger partial charge in [0.1, 0.15) is 0 Å². The van der Waals surface area contributed by atoms with Crippen molar-refractivity contribution in [1.82, 2.24) is 0 Å². The topological polar surface area (TPSA) is 52.6 Å². The van der Waals surface area contributed by atoms with Crippen LogP contribution in [-0.4, -0.2) is 37.9 Å². The average molecular weight is 377 g/mol. The predicted molar refractivity (Wildman–Crippen MR) is 105 cm³/mol. The summed E-state index contributed by atoms with van der Waals surface area (Å²) in [7, 11) is -2.16. The van der Waals surface area contributed by atoms with Crippen LogP contribution in [0.3, 0.4) is 0 Å². The molecule has 0 aliphatic carbocycles. The van der Waals surface area contributed by atoms with Gasteiger partial charge in [-0.15, -0.1) is 0 Å². The minimum Gasteiger partial charge on any atom is -0.395 e. The Kier molecular flexibility index (Phi) is 13.9. The minimum absolute atomic E-state index is 0.191. The molecule has 0 saturated carbocycles. The quantitative estimate of drug-likeness (QED) is 0.226. The van der Waals surface area contributed by atoms with Gasteiger partial charge in [-0.05, 0) is 39.3 Å². The minimum atomic E-state index is -2.16. The van der Waals surface area contributed by atoms with E-state index in [0.717, 1.165) is 25.3 Å². The summed E-state index contributed by atoms with van der Waals surface area (Å²) in [5.74, 6) is -0.356. The van der Waals surface area contributed by atoms with Gasteiger partial charge < -0.3 is 8.85 Å². The standard InChI is InChI=1S/C18H36O4SSi/c1-6-9-10-11-12-13-17(23-18(20)16(4)19)14-15-24(5,21-7-2)22-8-3/h17H,6-15H2,1-5H3. The number of ketones is 1. The molecule has 6 heteroatoms. The van der Waals surface area contributed by atoms with Crippen molar-refractivity contribution in [2.45, 2.75) is 90.5 Å². The Morgan fingerprint density at radius 1 is 0.958 bits per heavy atom. The molecule has 142 valence electrons. The second-order valence-corrected chi connectivity index (χ2v) is 10.9. The van der Waals surface area contributed by atoms with E-state index in [1.54, 1.807) is 0 Å². The van der Waals surface area contributed by atoms with Gasteiger partial charge in [-0.25, -0.2) is 0 Å². The summed E-state index contributed by atoms with van der Waals surface area (Å²) in [4.78, 5) is 23.1. The molecule has 4 nitrogen and oxygen atoms in total. The van der Waals surface area contributed by atoms with Crippen LogP contribution < -0.4 is 0 Å². The van der Waals surface area contributed by atoms with Crippen LogP contribution in [0.15, 0.2) is 0 Å². The highest BCUT2D eigenvalue weighted by Crippen LogP contribution is 2.28. The largest absolute Gasteiger partial charge is 0.395 e. The number of rotatable bonds is 15. The third kappa shape index (κ3) is 11.4. The Morgan fingerprint density at radius 2 is 1.54 bits per heavy atom. The van der Waals surface area contributed by atoms with Crippen molar-refractivity contribution in [3.63, 3.8) is 0 Å². The highest BCUT2D eigenvalue weighted by Gasteiger charge is 2.32. The van der Waals surface area contributed by atoms with Gasteiger partial charge in [0.2, 0.25) is 5.78 Å². The predicted octanol–water partition coefficient (Wildman–Crippen LogP) is 5.10. The highest BCUT2D eigenvalue weighted by atomic mass is 32.2. The molecule has 0 aromatic rings. The van der Waals surface area contributed by atoms with E-state index in [9.17, 15) is 9.59 Å². The molecule has 0 aliphatic rings. The van der Waals surface area contributed by atoms with Gasteiger partial charge in [0.15, 0.2) is 0 Å². The third-order valence-corrected chi connectivity index (χ3v) is 8.31. The van der Waals surface area contributed by atoms with E-state index >= 15 is 0 Å². The van der Waals surface area contributed by atoms with Crippen molar-refractivity contribution in [2.24, 2.45) is 0 Å². The lowest BCUT2D eigenvalue weighted by Crippen LogP contribution is -2.39. The maximum absolute atomic E-state index is 11.8. The van der Waals surface area contributed by atoms with Crippen LogP contribution in [-0.2, 0) is 18.4 Å². The first kappa shape index (κ1) is 23.8.